The molecule has 2 aromatic heterocycles. The third-order valence-corrected chi connectivity index (χ3v) is 4.77. The molecule has 0 spiro atoms. The number of aryl methyl sites for hydroxylation is 2. The summed E-state index contributed by atoms with van der Waals surface area (Å²) in [6, 6.07) is 0. The van der Waals surface area contributed by atoms with E-state index in [0.29, 0.717) is 10.6 Å². The first-order chi connectivity index (χ1) is 8.41. The molecule has 0 aromatic carbocycles. The summed E-state index contributed by atoms with van der Waals surface area (Å²) in [4.78, 5) is 13.8. The number of amides is 1. The molecule has 3 N–H and O–H groups in total. The zero-order chi connectivity index (χ0) is 13.1. The highest BCUT2D eigenvalue weighted by molar-refractivity contribution is 7.21. The number of nitrogens with two attached hydrogens (primary N) is 1. The maximum Gasteiger partial charge on any atom is 0.263 e. The Balaban J connectivity index is 2.04. The van der Waals surface area contributed by atoms with Crippen molar-refractivity contribution in [2.75, 3.05) is 5.73 Å². The summed E-state index contributed by atoms with van der Waals surface area (Å²) in [5, 5.41) is 8.26. The normalized spacial score (nSPS) is 17.1. The molecule has 5 nitrogen and oxygen atoms in total. The van der Waals surface area contributed by atoms with Crippen LogP contribution in [0.1, 0.15) is 35.1 Å². The average Bonchev–Trinajstić information content (AvgIpc) is 2.79. The first kappa shape index (κ1) is 11.5. The van der Waals surface area contributed by atoms with Crippen LogP contribution in [0.15, 0.2) is 0 Å². The lowest BCUT2D eigenvalue weighted by Crippen LogP contribution is -2.34. The number of nitrogen functional groups attached to an aromatic ring is 1. The number of aromatic nitrogens is 2. The van der Waals surface area contributed by atoms with Crippen molar-refractivity contribution in [3.63, 3.8) is 0 Å². The SMILES string of the molecule is Cc1nn(C)c2sc(C(=O)NC3(C)CC3)c(N)c12. The largest absolute Gasteiger partial charge is 0.397 e. The molecule has 96 valence electrons. The first-order valence-electron chi connectivity index (χ1n) is 5.95. The van der Waals surface area contributed by atoms with E-state index in [4.69, 9.17) is 5.73 Å². The summed E-state index contributed by atoms with van der Waals surface area (Å²) >= 11 is 1.41. The number of anilines is 1. The Labute approximate surface area is 109 Å². The van der Waals surface area contributed by atoms with Gasteiger partial charge >= 0.3 is 0 Å². The van der Waals surface area contributed by atoms with Crippen LogP contribution in [0.2, 0.25) is 0 Å². The fourth-order valence-electron chi connectivity index (χ4n) is 2.14. The quantitative estimate of drug-likeness (QED) is 0.868. The number of hydrogen-bond acceptors (Lipinski definition) is 4. The summed E-state index contributed by atoms with van der Waals surface area (Å²) in [5.41, 5.74) is 7.50. The van der Waals surface area contributed by atoms with Crippen molar-refractivity contribution in [3.05, 3.63) is 10.6 Å². The van der Waals surface area contributed by atoms with Gasteiger partial charge in [-0.2, -0.15) is 5.10 Å². The second-order valence-corrected chi connectivity index (χ2v) is 6.25. The molecule has 0 radical (unpaired) electrons. The Morgan fingerprint density at radius 2 is 2.22 bits per heavy atom. The Bertz CT molecular complexity index is 651. The van der Waals surface area contributed by atoms with Gasteiger partial charge in [0, 0.05) is 12.6 Å². The van der Waals surface area contributed by atoms with Crippen LogP contribution in [-0.2, 0) is 7.05 Å². The predicted octanol–water partition coefficient (Wildman–Crippen LogP) is 1.81. The summed E-state index contributed by atoms with van der Waals surface area (Å²) in [6.45, 7) is 3.97. The zero-order valence-corrected chi connectivity index (χ0v) is 11.5. The van der Waals surface area contributed by atoms with Crippen molar-refractivity contribution in [1.82, 2.24) is 15.1 Å². The smallest absolute Gasteiger partial charge is 0.263 e. The maximum atomic E-state index is 12.2. The fourth-order valence-corrected chi connectivity index (χ4v) is 3.22. The average molecular weight is 264 g/mol. The molecule has 1 amide bonds. The van der Waals surface area contributed by atoms with Crippen LogP contribution < -0.4 is 11.1 Å². The number of thiophene rings is 1. The van der Waals surface area contributed by atoms with Crippen molar-refractivity contribution in [3.8, 4) is 0 Å². The molecular weight excluding hydrogens is 248 g/mol. The van der Waals surface area contributed by atoms with Crippen LogP contribution in [0.4, 0.5) is 5.69 Å². The minimum absolute atomic E-state index is 0.0208. The number of fused-ring (bicyclic) bond motifs is 1. The van der Waals surface area contributed by atoms with Crippen molar-refractivity contribution in [2.45, 2.75) is 32.2 Å². The molecule has 18 heavy (non-hydrogen) atoms. The second-order valence-electron chi connectivity index (χ2n) is 5.25. The van der Waals surface area contributed by atoms with E-state index in [1.54, 1.807) is 4.68 Å². The lowest BCUT2D eigenvalue weighted by atomic mass is 10.2. The van der Waals surface area contributed by atoms with Gasteiger partial charge in [0.2, 0.25) is 0 Å². The van der Waals surface area contributed by atoms with Gasteiger partial charge in [-0.1, -0.05) is 0 Å². The second kappa shape index (κ2) is 3.47. The van der Waals surface area contributed by atoms with Gasteiger partial charge in [-0.3, -0.25) is 9.48 Å². The number of carbonyl (C=O) groups is 1. The Morgan fingerprint density at radius 1 is 1.56 bits per heavy atom. The molecule has 0 bridgehead atoms. The molecular formula is C12H16N4OS. The number of nitrogens with zero attached hydrogens (tertiary/aromatic N) is 2. The van der Waals surface area contributed by atoms with E-state index >= 15 is 0 Å². The molecule has 0 aliphatic heterocycles. The summed E-state index contributed by atoms with van der Waals surface area (Å²) < 4.78 is 1.78. The standard InChI is InChI=1S/C12H16N4OS/c1-6-7-8(13)9(18-11(7)16(3)15-6)10(17)14-12(2)4-5-12/h4-5,13H2,1-3H3,(H,14,17). The van der Waals surface area contributed by atoms with E-state index in [0.717, 1.165) is 28.8 Å². The van der Waals surface area contributed by atoms with E-state index in [1.165, 1.54) is 11.3 Å². The molecule has 1 fully saturated rings. The highest BCUT2D eigenvalue weighted by atomic mass is 32.1. The lowest BCUT2D eigenvalue weighted by Gasteiger charge is -2.10. The van der Waals surface area contributed by atoms with Crippen molar-refractivity contribution in [2.24, 2.45) is 7.05 Å². The first-order valence-corrected chi connectivity index (χ1v) is 6.77. The summed E-state index contributed by atoms with van der Waals surface area (Å²) in [6.07, 6.45) is 2.09. The zero-order valence-electron chi connectivity index (χ0n) is 10.7. The van der Waals surface area contributed by atoms with Crippen molar-refractivity contribution < 1.29 is 4.79 Å². The van der Waals surface area contributed by atoms with Crippen LogP contribution in [0.25, 0.3) is 10.2 Å². The molecule has 1 saturated carbocycles. The van der Waals surface area contributed by atoms with Crippen molar-refractivity contribution >= 4 is 33.1 Å². The molecule has 0 saturated heterocycles. The number of carbonyl (C=O) groups excluding carboxylic acids is 1. The lowest BCUT2D eigenvalue weighted by molar-refractivity contribution is 0.0940. The van der Waals surface area contributed by atoms with Gasteiger partial charge in [-0.15, -0.1) is 11.3 Å². The number of hydrogen-bond donors (Lipinski definition) is 2. The molecule has 2 heterocycles. The molecule has 6 heteroatoms. The minimum atomic E-state index is -0.0619. The predicted molar refractivity (Wildman–Crippen MR) is 72.8 cm³/mol. The Morgan fingerprint density at radius 3 is 2.78 bits per heavy atom. The number of rotatable bonds is 2. The van der Waals surface area contributed by atoms with Crippen LogP contribution in [0.5, 0.6) is 0 Å². The highest BCUT2D eigenvalue weighted by Gasteiger charge is 2.39. The fraction of sp³-hybridized carbons (Fsp3) is 0.500. The van der Waals surface area contributed by atoms with Crippen LogP contribution >= 0.6 is 11.3 Å². The maximum absolute atomic E-state index is 12.2. The van der Waals surface area contributed by atoms with Gasteiger partial charge in [0.15, 0.2) is 0 Å². The van der Waals surface area contributed by atoms with Gasteiger partial charge in [0.25, 0.3) is 5.91 Å². The topological polar surface area (TPSA) is 72.9 Å². The molecule has 0 unspecified atom stereocenters. The van der Waals surface area contributed by atoms with Gasteiger partial charge < -0.3 is 11.1 Å². The molecule has 0 atom stereocenters. The van der Waals surface area contributed by atoms with E-state index in [2.05, 4.69) is 17.3 Å². The van der Waals surface area contributed by atoms with E-state index < -0.39 is 0 Å². The summed E-state index contributed by atoms with van der Waals surface area (Å²) in [5.74, 6) is -0.0619. The Kier molecular flexibility index (Phi) is 2.22. The number of nitrogens with one attached hydrogen (secondary N) is 1. The molecule has 1 aliphatic rings. The molecule has 2 aromatic rings. The van der Waals surface area contributed by atoms with Crippen LogP contribution in [-0.4, -0.2) is 21.2 Å². The monoisotopic (exact) mass is 264 g/mol. The molecule has 3 rings (SSSR count). The van der Waals surface area contributed by atoms with E-state index in [-0.39, 0.29) is 11.4 Å². The molecule has 1 aliphatic carbocycles. The van der Waals surface area contributed by atoms with E-state index in [1.807, 2.05) is 14.0 Å². The van der Waals surface area contributed by atoms with Crippen LogP contribution in [0, 0.1) is 6.92 Å². The third kappa shape index (κ3) is 1.59. The van der Waals surface area contributed by atoms with Gasteiger partial charge in [-0.05, 0) is 26.7 Å². The minimum Gasteiger partial charge on any atom is -0.397 e. The van der Waals surface area contributed by atoms with Gasteiger partial charge in [-0.25, -0.2) is 0 Å². The highest BCUT2D eigenvalue weighted by Crippen LogP contribution is 2.38. The summed E-state index contributed by atoms with van der Waals surface area (Å²) in [7, 11) is 1.87. The van der Waals surface area contributed by atoms with Crippen molar-refractivity contribution in [1.29, 1.82) is 0 Å². The van der Waals surface area contributed by atoms with E-state index in [9.17, 15) is 4.79 Å². The third-order valence-electron chi connectivity index (χ3n) is 3.50. The van der Waals surface area contributed by atoms with Gasteiger partial charge in [0.05, 0.1) is 16.8 Å². The van der Waals surface area contributed by atoms with Crippen LogP contribution in [0.3, 0.4) is 0 Å². The van der Waals surface area contributed by atoms with Gasteiger partial charge in [0.1, 0.15) is 9.71 Å². The Hall–Kier alpha value is -1.56.